The monoisotopic (exact) mass is 276 g/mol. The van der Waals surface area contributed by atoms with E-state index >= 15 is 0 Å². The molecule has 0 aliphatic rings. The first-order valence-electron chi connectivity index (χ1n) is 5.20. The van der Waals surface area contributed by atoms with Gasteiger partial charge in [0.2, 0.25) is 0 Å². The molecule has 1 aromatic carbocycles. The first-order chi connectivity index (χ1) is 8.45. The molecule has 0 radical (unpaired) electrons. The zero-order chi connectivity index (χ0) is 13.7. The van der Waals surface area contributed by atoms with E-state index in [1.54, 1.807) is 0 Å². The van der Waals surface area contributed by atoms with Crippen LogP contribution in [0.1, 0.15) is 10.4 Å². The maximum Gasteiger partial charge on any atom is 0.251 e. The molecule has 2 N–H and O–H groups in total. The minimum Gasteiger partial charge on any atom is -0.383 e. The van der Waals surface area contributed by atoms with E-state index in [0.29, 0.717) is 5.75 Å². The Labute approximate surface area is 106 Å². The molecule has 0 saturated heterocycles. The number of rotatable bonds is 5. The molecule has 0 spiro atoms. The molecule has 0 aromatic heterocycles. The average molecular weight is 276 g/mol. The third-order valence-corrected chi connectivity index (χ3v) is 3.01. The fourth-order valence-electron chi connectivity index (χ4n) is 1.35. The van der Waals surface area contributed by atoms with Gasteiger partial charge in [-0.3, -0.25) is 9.00 Å². The molecular formula is C11H14F2N2O2S. The van der Waals surface area contributed by atoms with E-state index in [2.05, 4.69) is 10.6 Å². The van der Waals surface area contributed by atoms with E-state index in [4.69, 9.17) is 0 Å². The molecule has 100 valence electrons. The van der Waals surface area contributed by atoms with Crippen LogP contribution in [-0.2, 0) is 10.8 Å². The Hall–Kier alpha value is -1.50. The number of benzene rings is 1. The molecule has 7 heteroatoms. The van der Waals surface area contributed by atoms with Crippen molar-refractivity contribution in [1.29, 1.82) is 0 Å². The normalized spacial score (nSPS) is 12.0. The Morgan fingerprint density at radius 2 is 1.89 bits per heavy atom. The summed E-state index contributed by atoms with van der Waals surface area (Å²) < 4.78 is 37.6. The van der Waals surface area contributed by atoms with Crippen molar-refractivity contribution in [2.24, 2.45) is 0 Å². The highest BCUT2D eigenvalue weighted by Gasteiger charge is 2.13. The Morgan fingerprint density at radius 3 is 2.33 bits per heavy atom. The Bertz CT molecular complexity index is 457. The van der Waals surface area contributed by atoms with E-state index in [9.17, 15) is 17.8 Å². The molecule has 0 aliphatic heterocycles. The SMILES string of the molecule is CNc1c(F)cc(C(=O)NCCS(C)=O)cc1F. The van der Waals surface area contributed by atoms with Gasteiger partial charge in [0.25, 0.3) is 5.91 Å². The second kappa shape index (κ2) is 6.44. The van der Waals surface area contributed by atoms with Crippen LogP contribution in [0.4, 0.5) is 14.5 Å². The van der Waals surface area contributed by atoms with E-state index in [1.807, 2.05) is 0 Å². The molecule has 0 bridgehead atoms. The molecular weight excluding hydrogens is 262 g/mol. The summed E-state index contributed by atoms with van der Waals surface area (Å²) in [6.45, 7) is 0.193. The highest BCUT2D eigenvalue weighted by Crippen LogP contribution is 2.19. The summed E-state index contributed by atoms with van der Waals surface area (Å²) in [6.07, 6.45) is 1.51. The van der Waals surface area contributed by atoms with Crippen molar-refractivity contribution in [2.75, 3.05) is 30.9 Å². The summed E-state index contributed by atoms with van der Waals surface area (Å²) in [6, 6.07) is 1.90. The number of anilines is 1. The summed E-state index contributed by atoms with van der Waals surface area (Å²) in [4.78, 5) is 11.6. The predicted octanol–water partition coefficient (Wildman–Crippen LogP) is 1.11. The van der Waals surface area contributed by atoms with Crippen LogP contribution in [0.25, 0.3) is 0 Å². The summed E-state index contributed by atoms with van der Waals surface area (Å²) in [5, 5.41) is 4.80. The fourth-order valence-corrected chi connectivity index (χ4v) is 1.74. The summed E-state index contributed by atoms with van der Waals surface area (Å²) in [5.74, 6) is -1.96. The van der Waals surface area contributed by atoms with Gasteiger partial charge in [0, 0.05) is 42.0 Å². The van der Waals surface area contributed by atoms with E-state index in [1.165, 1.54) is 13.3 Å². The van der Waals surface area contributed by atoms with Crippen LogP contribution < -0.4 is 10.6 Å². The second-order valence-electron chi connectivity index (χ2n) is 3.60. The van der Waals surface area contributed by atoms with Crippen molar-refractivity contribution >= 4 is 22.4 Å². The van der Waals surface area contributed by atoms with Gasteiger partial charge in [-0.15, -0.1) is 0 Å². The Kier molecular flexibility index (Phi) is 5.21. The lowest BCUT2D eigenvalue weighted by molar-refractivity contribution is 0.0955. The first-order valence-corrected chi connectivity index (χ1v) is 6.93. The number of carbonyl (C=O) groups is 1. The quantitative estimate of drug-likeness (QED) is 0.847. The van der Waals surface area contributed by atoms with Gasteiger partial charge >= 0.3 is 0 Å². The molecule has 1 aromatic rings. The van der Waals surface area contributed by atoms with Crippen LogP contribution in [0, 0.1) is 11.6 Å². The molecule has 1 rings (SSSR count). The molecule has 18 heavy (non-hydrogen) atoms. The molecule has 1 unspecified atom stereocenters. The average Bonchev–Trinajstić information content (AvgIpc) is 2.27. The van der Waals surface area contributed by atoms with Crippen molar-refractivity contribution in [2.45, 2.75) is 0 Å². The fraction of sp³-hybridized carbons (Fsp3) is 0.364. The minimum absolute atomic E-state index is 0.106. The number of nitrogens with one attached hydrogen (secondary N) is 2. The van der Waals surface area contributed by atoms with Gasteiger partial charge in [-0.2, -0.15) is 0 Å². The summed E-state index contributed by atoms with van der Waals surface area (Å²) in [5.41, 5.74) is -0.382. The summed E-state index contributed by atoms with van der Waals surface area (Å²) >= 11 is 0. The second-order valence-corrected chi connectivity index (χ2v) is 5.15. The predicted molar refractivity (Wildman–Crippen MR) is 67.2 cm³/mol. The molecule has 0 heterocycles. The van der Waals surface area contributed by atoms with Crippen molar-refractivity contribution in [3.8, 4) is 0 Å². The van der Waals surface area contributed by atoms with Crippen LogP contribution in [0.5, 0.6) is 0 Å². The zero-order valence-electron chi connectivity index (χ0n) is 10.0. The largest absolute Gasteiger partial charge is 0.383 e. The van der Waals surface area contributed by atoms with Gasteiger partial charge in [0.05, 0.1) is 0 Å². The first kappa shape index (κ1) is 14.6. The van der Waals surface area contributed by atoms with E-state index < -0.39 is 28.3 Å². The van der Waals surface area contributed by atoms with Gasteiger partial charge in [0.15, 0.2) is 0 Å². The van der Waals surface area contributed by atoms with Gasteiger partial charge in [0.1, 0.15) is 17.3 Å². The lowest BCUT2D eigenvalue weighted by atomic mass is 10.1. The van der Waals surface area contributed by atoms with E-state index in [0.717, 1.165) is 12.1 Å². The van der Waals surface area contributed by atoms with Crippen LogP contribution in [-0.4, -0.2) is 35.7 Å². The van der Waals surface area contributed by atoms with Crippen LogP contribution in [0.15, 0.2) is 12.1 Å². The molecule has 1 atom stereocenters. The number of amides is 1. The molecule has 0 fully saturated rings. The van der Waals surface area contributed by atoms with E-state index in [-0.39, 0.29) is 17.8 Å². The third-order valence-electron chi connectivity index (χ3n) is 2.23. The van der Waals surface area contributed by atoms with Crippen LogP contribution >= 0.6 is 0 Å². The minimum atomic E-state index is -1.03. The highest BCUT2D eigenvalue weighted by molar-refractivity contribution is 7.84. The topological polar surface area (TPSA) is 58.2 Å². The zero-order valence-corrected chi connectivity index (χ0v) is 10.9. The maximum absolute atomic E-state index is 13.4. The van der Waals surface area contributed by atoms with Crippen LogP contribution in [0.2, 0.25) is 0 Å². The van der Waals surface area contributed by atoms with Crippen LogP contribution in [0.3, 0.4) is 0 Å². The number of halogens is 2. The number of hydrogen-bond donors (Lipinski definition) is 2. The third kappa shape index (κ3) is 3.76. The molecule has 0 aliphatic carbocycles. The van der Waals surface area contributed by atoms with Crippen molar-refractivity contribution in [3.05, 3.63) is 29.3 Å². The maximum atomic E-state index is 13.4. The number of carbonyl (C=O) groups excluding carboxylic acids is 1. The standard InChI is InChI=1S/C11H14F2N2O2S/c1-14-10-8(12)5-7(6-9(10)13)11(16)15-3-4-18(2)17/h5-6,14H,3-4H2,1-2H3,(H,15,16). The Morgan fingerprint density at radius 1 is 1.33 bits per heavy atom. The molecule has 4 nitrogen and oxygen atoms in total. The lowest BCUT2D eigenvalue weighted by Gasteiger charge is -2.08. The number of hydrogen-bond acceptors (Lipinski definition) is 3. The lowest BCUT2D eigenvalue weighted by Crippen LogP contribution is -2.27. The van der Waals surface area contributed by atoms with Gasteiger partial charge < -0.3 is 10.6 Å². The van der Waals surface area contributed by atoms with Gasteiger partial charge in [-0.25, -0.2) is 8.78 Å². The summed E-state index contributed by atoms with van der Waals surface area (Å²) in [7, 11) is 0.362. The van der Waals surface area contributed by atoms with Gasteiger partial charge in [-0.1, -0.05) is 0 Å². The van der Waals surface area contributed by atoms with Crippen molar-refractivity contribution in [3.63, 3.8) is 0 Å². The Balaban J connectivity index is 2.78. The molecule has 0 saturated carbocycles. The van der Waals surface area contributed by atoms with Crippen molar-refractivity contribution in [1.82, 2.24) is 5.32 Å². The molecule has 1 amide bonds. The van der Waals surface area contributed by atoms with Crippen molar-refractivity contribution < 1.29 is 17.8 Å². The highest BCUT2D eigenvalue weighted by atomic mass is 32.2. The smallest absolute Gasteiger partial charge is 0.251 e. The van der Waals surface area contributed by atoms with Gasteiger partial charge in [-0.05, 0) is 12.1 Å².